The molecule has 1 saturated heterocycles. The van der Waals surface area contributed by atoms with E-state index in [1.54, 1.807) is 25.3 Å². The molecule has 0 bridgehead atoms. The number of hydrogen-bond acceptors (Lipinski definition) is 6. The van der Waals surface area contributed by atoms with Crippen LogP contribution < -0.4 is 10.5 Å². The molecule has 146 valence electrons. The van der Waals surface area contributed by atoms with Crippen LogP contribution in [0.15, 0.2) is 35.1 Å². The molecule has 10 heteroatoms. The first-order valence-electron chi connectivity index (χ1n) is 8.78. The lowest BCUT2D eigenvalue weighted by Gasteiger charge is -2.29. The fraction of sp³-hybridized carbons (Fsp3) is 0.471. The number of rotatable bonds is 4. The van der Waals surface area contributed by atoms with E-state index in [4.69, 9.17) is 5.73 Å². The van der Waals surface area contributed by atoms with Gasteiger partial charge in [0.15, 0.2) is 0 Å². The van der Waals surface area contributed by atoms with Gasteiger partial charge in [-0.1, -0.05) is 6.08 Å². The second-order valence-electron chi connectivity index (χ2n) is 6.76. The fourth-order valence-electron chi connectivity index (χ4n) is 3.12. The molecule has 0 spiro atoms. The third-order valence-corrected chi connectivity index (χ3v) is 5.13. The molecule has 1 fully saturated rings. The number of nitrogen functional groups attached to an aromatic ring is 1. The number of amides is 1. The molecule has 1 aromatic heterocycles. The number of carbonyl (C=O) groups is 1. The summed E-state index contributed by atoms with van der Waals surface area (Å²) >= 11 is 0. The monoisotopic (exact) mass is 392 g/mol. The second-order valence-corrected chi connectivity index (χ2v) is 8.51. The fourth-order valence-corrected chi connectivity index (χ4v) is 3.69. The summed E-state index contributed by atoms with van der Waals surface area (Å²) in [6.07, 6.45) is 10.7. The number of piperidine rings is 1. The van der Waals surface area contributed by atoms with Crippen molar-refractivity contribution < 1.29 is 13.2 Å². The third-order valence-electron chi connectivity index (χ3n) is 4.54. The van der Waals surface area contributed by atoms with Crippen LogP contribution in [-0.2, 0) is 21.9 Å². The molecule has 1 aliphatic carbocycles. The van der Waals surface area contributed by atoms with Crippen LogP contribution in [0.25, 0.3) is 0 Å². The Morgan fingerprint density at radius 1 is 1.33 bits per heavy atom. The van der Waals surface area contributed by atoms with Gasteiger partial charge in [0.05, 0.1) is 29.8 Å². The maximum atomic E-state index is 12.8. The van der Waals surface area contributed by atoms with E-state index in [1.807, 2.05) is 4.90 Å². The van der Waals surface area contributed by atoms with E-state index in [0.717, 1.165) is 38.6 Å². The summed E-state index contributed by atoms with van der Waals surface area (Å²) in [5.41, 5.74) is 6.99. The van der Waals surface area contributed by atoms with E-state index in [9.17, 15) is 13.2 Å². The number of aliphatic imine (C=N–C) groups is 1. The van der Waals surface area contributed by atoms with E-state index in [1.165, 1.54) is 10.9 Å². The molecule has 27 heavy (non-hydrogen) atoms. The smallest absolute Gasteiger partial charge is 0.233 e. The number of nitrogens with one attached hydrogen (secondary N) is 1. The molecule has 1 amide bonds. The maximum absolute atomic E-state index is 12.8. The highest BCUT2D eigenvalue weighted by atomic mass is 32.2. The van der Waals surface area contributed by atoms with Crippen molar-refractivity contribution in [2.45, 2.75) is 19.3 Å². The van der Waals surface area contributed by atoms with Gasteiger partial charge < -0.3 is 10.6 Å². The van der Waals surface area contributed by atoms with Gasteiger partial charge in [-0.2, -0.15) is 5.10 Å². The van der Waals surface area contributed by atoms with E-state index in [0.29, 0.717) is 17.2 Å². The summed E-state index contributed by atoms with van der Waals surface area (Å²) in [6.45, 7) is 1.47. The largest absolute Gasteiger partial charge is 0.382 e. The molecule has 1 aliphatic heterocycles. The van der Waals surface area contributed by atoms with Gasteiger partial charge in [-0.05, 0) is 31.4 Å². The van der Waals surface area contributed by atoms with Crippen molar-refractivity contribution in [2.75, 3.05) is 25.1 Å². The van der Waals surface area contributed by atoms with Crippen LogP contribution in [0.3, 0.4) is 0 Å². The zero-order chi connectivity index (χ0) is 19.6. The number of nitrogens with two attached hydrogens (primary N) is 1. The Balaban J connectivity index is 1.91. The normalized spacial score (nSPS) is 22.0. The molecule has 0 aromatic carbocycles. The third kappa shape index (κ3) is 4.57. The van der Waals surface area contributed by atoms with Crippen molar-refractivity contribution in [3.63, 3.8) is 0 Å². The molecule has 2 aliphatic rings. The first kappa shape index (κ1) is 19.2. The average molecular weight is 392 g/mol. The molecule has 2 heterocycles. The van der Waals surface area contributed by atoms with Crippen LogP contribution in [0.4, 0.5) is 11.5 Å². The summed E-state index contributed by atoms with van der Waals surface area (Å²) < 4.78 is 27.5. The lowest BCUT2D eigenvalue weighted by molar-refractivity contribution is -0.133. The van der Waals surface area contributed by atoms with Gasteiger partial charge in [0.25, 0.3) is 0 Å². The standard InChI is InChI=1S/C17H24N6O3S/c1-22-16(18)15(11-19-22)20-13-7-6-12(10-14(13)21-27(2,25)26)17(24)23-8-4-3-5-9-23/h6-7,10-12,21H,3-5,8-9,18H2,1-2H3. The summed E-state index contributed by atoms with van der Waals surface area (Å²) in [5, 5.41) is 4.03. The molecular weight excluding hydrogens is 368 g/mol. The van der Waals surface area contributed by atoms with E-state index >= 15 is 0 Å². The van der Waals surface area contributed by atoms with Crippen LogP contribution in [0.5, 0.6) is 0 Å². The number of nitrogens with zero attached hydrogens (tertiary/aromatic N) is 4. The Bertz CT molecular complexity index is 922. The van der Waals surface area contributed by atoms with E-state index in [2.05, 4.69) is 14.8 Å². The molecule has 3 N–H and O–H groups in total. The van der Waals surface area contributed by atoms with Crippen LogP contribution in [0.2, 0.25) is 0 Å². The molecule has 1 unspecified atom stereocenters. The van der Waals surface area contributed by atoms with Crippen molar-refractivity contribution in [1.82, 2.24) is 19.4 Å². The average Bonchev–Trinajstić information content (AvgIpc) is 2.94. The van der Waals surface area contributed by atoms with E-state index in [-0.39, 0.29) is 11.6 Å². The number of allylic oxidation sites excluding steroid dienone is 1. The Labute approximate surface area is 158 Å². The first-order chi connectivity index (χ1) is 12.7. The van der Waals surface area contributed by atoms with Crippen molar-refractivity contribution in [1.29, 1.82) is 0 Å². The van der Waals surface area contributed by atoms with E-state index < -0.39 is 15.9 Å². The number of anilines is 1. The lowest BCUT2D eigenvalue weighted by Crippen LogP contribution is -2.40. The minimum atomic E-state index is -3.54. The minimum Gasteiger partial charge on any atom is -0.382 e. The zero-order valence-electron chi connectivity index (χ0n) is 15.4. The number of aryl methyl sites for hydroxylation is 1. The number of carbonyl (C=O) groups excluding carboxylic acids is 1. The molecule has 9 nitrogen and oxygen atoms in total. The van der Waals surface area contributed by atoms with Crippen molar-refractivity contribution in [3.8, 4) is 0 Å². The highest BCUT2D eigenvalue weighted by molar-refractivity contribution is 7.88. The topological polar surface area (TPSA) is 123 Å². The van der Waals surface area contributed by atoms with Crippen molar-refractivity contribution >= 4 is 33.1 Å². The molecule has 3 rings (SSSR count). The predicted octanol–water partition coefficient (Wildman–Crippen LogP) is 0.706. The maximum Gasteiger partial charge on any atom is 0.233 e. The molecular formula is C17H24N6O3S. The van der Waals surface area contributed by atoms with Crippen LogP contribution >= 0.6 is 0 Å². The highest BCUT2D eigenvalue weighted by Gasteiger charge is 2.26. The predicted molar refractivity (Wildman–Crippen MR) is 104 cm³/mol. The van der Waals surface area contributed by atoms with Crippen LogP contribution in [0.1, 0.15) is 19.3 Å². The van der Waals surface area contributed by atoms with Crippen molar-refractivity contribution in [3.05, 3.63) is 30.1 Å². The van der Waals surface area contributed by atoms with Crippen LogP contribution in [0, 0.1) is 5.92 Å². The van der Waals surface area contributed by atoms with Crippen molar-refractivity contribution in [2.24, 2.45) is 18.0 Å². The summed E-state index contributed by atoms with van der Waals surface area (Å²) in [6, 6.07) is 0. The number of likely N-dealkylation sites (tertiary alicyclic amines) is 1. The summed E-state index contributed by atoms with van der Waals surface area (Å²) in [7, 11) is -1.85. The minimum absolute atomic E-state index is 0.0290. The number of aromatic nitrogens is 2. The van der Waals surface area contributed by atoms with Gasteiger partial charge in [0.1, 0.15) is 11.5 Å². The Morgan fingerprint density at radius 3 is 2.63 bits per heavy atom. The number of sulfonamides is 1. The summed E-state index contributed by atoms with van der Waals surface area (Å²) in [5.74, 6) is -0.197. The quantitative estimate of drug-likeness (QED) is 0.781. The van der Waals surface area contributed by atoms with Gasteiger partial charge >= 0.3 is 0 Å². The zero-order valence-corrected chi connectivity index (χ0v) is 16.2. The van der Waals surface area contributed by atoms with Gasteiger partial charge in [-0.15, -0.1) is 0 Å². The SMILES string of the molecule is Cn1ncc(N=C2C=CC(C(=O)N3CCCCC3)C=C2NS(C)(=O)=O)c1N. The number of hydrogen-bond donors (Lipinski definition) is 2. The van der Waals surface area contributed by atoms with Crippen LogP contribution in [-0.4, -0.2) is 54.1 Å². The summed E-state index contributed by atoms with van der Waals surface area (Å²) in [4.78, 5) is 19.0. The lowest BCUT2D eigenvalue weighted by atomic mass is 9.97. The van der Waals surface area contributed by atoms with Gasteiger partial charge in [-0.3, -0.25) is 14.2 Å². The van der Waals surface area contributed by atoms with Gasteiger partial charge in [0.2, 0.25) is 15.9 Å². The van der Waals surface area contributed by atoms with Gasteiger partial charge in [-0.25, -0.2) is 13.4 Å². The highest BCUT2D eigenvalue weighted by Crippen LogP contribution is 2.24. The molecule has 1 aromatic rings. The first-order valence-corrected chi connectivity index (χ1v) is 10.7. The molecule has 0 saturated carbocycles. The second kappa shape index (κ2) is 7.55. The Hall–Kier alpha value is -2.62. The Morgan fingerprint density at radius 2 is 2.04 bits per heavy atom. The van der Waals surface area contributed by atoms with Gasteiger partial charge in [0, 0.05) is 20.1 Å². The molecule has 0 radical (unpaired) electrons. The molecule has 1 atom stereocenters. The Kier molecular flexibility index (Phi) is 5.36.